The second-order valence-corrected chi connectivity index (χ2v) is 10.4. The van der Waals surface area contributed by atoms with Crippen LogP contribution < -0.4 is 5.32 Å². The van der Waals surface area contributed by atoms with Gasteiger partial charge in [0.25, 0.3) is 5.91 Å². The van der Waals surface area contributed by atoms with Crippen LogP contribution in [-0.4, -0.2) is 79.9 Å². The molecule has 2 saturated heterocycles. The third-order valence-electron chi connectivity index (χ3n) is 5.81. The third-order valence-corrected chi connectivity index (χ3v) is 7.56. The van der Waals surface area contributed by atoms with Gasteiger partial charge in [0.15, 0.2) is 15.9 Å². The molecule has 2 fully saturated rings. The number of rotatable bonds is 5. The van der Waals surface area contributed by atoms with Crippen LogP contribution in [0.15, 0.2) is 30.3 Å². The van der Waals surface area contributed by atoms with Crippen molar-refractivity contribution in [2.45, 2.75) is 38.3 Å². The zero-order valence-electron chi connectivity index (χ0n) is 17.8. The molecule has 2 aliphatic rings. The molecule has 0 radical (unpaired) electrons. The quantitative estimate of drug-likeness (QED) is 0.679. The van der Waals surface area contributed by atoms with Gasteiger partial charge in [-0.05, 0) is 38.3 Å². The van der Waals surface area contributed by atoms with Crippen LogP contribution in [0.4, 0.5) is 10.5 Å². The van der Waals surface area contributed by atoms with E-state index in [9.17, 15) is 22.8 Å². The minimum absolute atomic E-state index is 0.0619. The SMILES string of the molecule is C[C@H](OC(=O)[C@@H]1CCCN(C(=O)Nc2ccccc2)C1)C(=O)N(C)[C@H]1CCS(=O)(=O)C1. The van der Waals surface area contributed by atoms with E-state index in [2.05, 4.69) is 5.32 Å². The Balaban J connectivity index is 1.52. The van der Waals surface area contributed by atoms with E-state index in [-0.39, 0.29) is 24.1 Å². The molecule has 0 aliphatic carbocycles. The fourth-order valence-electron chi connectivity index (χ4n) is 3.95. The maximum Gasteiger partial charge on any atom is 0.321 e. The number of anilines is 1. The zero-order chi connectivity index (χ0) is 22.6. The highest BCUT2D eigenvalue weighted by molar-refractivity contribution is 7.91. The van der Waals surface area contributed by atoms with E-state index in [4.69, 9.17) is 4.74 Å². The number of hydrogen-bond donors (Lipinski definition) is 1. The molecule has 3 amide bonds. The van der Waals surface area contributed by atoms with E-state index in [0.717, 1.165) is 0 Å². The van der Waals surface area contributed by atoms with E-state index in [0.29, 0.717) is 31.5 Å². The maximum atomic E-state index is 12.6. The minimum Gasteiger partial charge on any atom is -0.452 e. The number of amides is 3. The molecule has 170 valence electrons. The lowest BCUT2D eigenvalue weighted by atomic mass is 9.98. The van der Waals surface area contributed by atoms with Crippen molar-refractivity contribution in [3.05, 3.63) is 30.3 Å². The molecule has 1 aromatic carbocycles. The van der Waals surface area contributed by atoms with Crippen molar-refractivity contribution in [1.82, 2.24) is 9.80 Å². The highest BCUT2D eigenvalue weighted by atomic mass is 32.2. The predicted molar refractivity (Wildman–Crippen MR) is 115 cm³/mol. The minimum atomic E-state index is -3.12. The van der Waals surface area contributed by atoms with Crippen LogP contribution in [0.5, 0.6) is 0 Å². The van der Waals surface area contributed by atoms with Crippen molar-refractivity contribution in [2.75, 3.05) is 37.0 Å². The molecular formula is C21H29N3O6S. The van der Waals surface area contributed by atoms with Gasteiger partial charge in [-0.1, -0.05) is 18.2 Å². The molecule has 2 aliphatic heterocycles. The highest BCUT2D eigenvalue weighted by Gasteiger charge is 2.36. The summed E-state index contributed by atoms with van der Waals surface area (Å²) in [6, 6.07) is 8.39. The Morgan fingerprint density at radius 2 is 1.90 bits per heavy atom. The molecule has 10 heteroatoms. The van der Waals surface area contributed by atoms with Crippen LogP contribution in [-0.2, 0) is 24.2 Å². The standard InChI is InChI=1S/C21H29N3O6S/c1-15(19(25)23(2)18-10-12-31(28,29)14-18)30-20(26)16-7-6-11-24(13-16)21(27)22-17-8-4-3-5-9-17/h3-5,8-9,15-16,18H,6-7,10-14H2,1-2H3,(H,22,27)/t15-,16+,18-/m0/s1. The molecule has 0 bridgehead atoms. The Morgan fingerprint density at radius 3 is 2.55 bits per heavy atom. The average molecular weight is 452 g/mol. The topological polar surface area (TPSA) is 113 Å². The van der Waals surface area contributed by atoms with Gasteiger partial charge >= 0.3 is 12.0 Å². The number of piperidine rings is 1. The number of benzene rings is 1. The van der Waals surface area contributed by atoms with Crippen LogP contribution in [0.1, 0.15) is 26.2 Å². The van der Waals surface area contributed by atoms with Gasteiger partial charge < -0.3 is 19.9 Å². The Kier molecular flexibility index (Phi) is 7.19. The molecule has 2 heterocycles. The molecule has 3 atom stereocenters. The van der Waals surface area contributed by atoms with Crippen molar-refractivity contribution < 1.29 is 27.5 Å². The summed E-state index contributed by atoms with van der Waals surface area (Å²) in [4.78, 5) is 40.7. The molecule has 3 rings (SSSR count). The van der Waals surface area contributed by atoms with Crippen LogP contribution in [0, 0.1) is 5.92 Å². The molecule has 0 spiro atoms. The predicted octanol–water partition coefficient (Wildman–Crippen LogP) is 1.51. The van der Waals surface area contributed by atoms with Gasteiger partial charge in [0.1, 0.15) is 0 Å². The Bertz CT molecular complexity index is 920. The lowest BCUT2D eigenvalue weighted by molar-refractivity contribution is -0.163. The normalized spacial score (nSPS) is 23.6. The summed E-state index contributed by atoms with van der Waals surface area (Å²) in [7, 11) is -1.59. The summed E-state index contributed by atoms with van der Waals surface area (Å²) in [5.74, 6) is -1.46. The van der Waals surface area contributed by atoms with Crippen molar-refractivity contribution in [1.29, 1.82) is 0 Å². The first kappa shape index (κ1) is 23.1. The van der Waals surface area contributed by atoms with Gasteiger partial charge in [0.2, 0.25) is 0 Å². The van der Waals surface area contributed by atoms with Gasteiger partial charge in [-0.3, -0.25) is 9.59 Å². The van der Waals surface area contributed by atoms with E-state index < -0.39 is 39.8 Å². The first-order chi connectivity index (χ1) is 14.7. The summed E-state index contributed by atoms with van der Waals surface area (Å²) in [6.45, 7) is 2.24. The van der Waals surface area contributed by atoms with Crippen molar-refractivity contribution in [3.63, 3.8) is 0 Å². The van der Waals surface area contributed by atoms with Gasteiger partial charge in [0.05, 0.1) is 17.4 Å². The first-order valence-electron chi connectivity index (χ1n) is 10.4. The number of nitrogens with zero attached hydrogens (tertiary/aromatic N) is 2. The lowest BCUT2D eigenvalue weighted by Crippen LogP contribution is -2.47. The second kappa shape index (κ2) is 9.67. The first-order valence-corrected chi connectivity index (χ1v) is 12.3. The summed E-state index contributed by atoms with van der Waals surface area (Å²) < 4.78 is 28.7. The van der Waals surface area contributed by atoms with Gasteiger partial charge in [-0.2, -0.15) is 0 Å². The number of esters is 1. The second-order valence-electron chi connectivity index (χ2n) is 8.17. The summed E-state index contributed by atoms with van der Waals surface area (Å²) in [6.07, 6.45) is 0.601. The third kappa shape index (κ3) is 5.96. The largest absolute Gasteiger partial charge is 0.452 e. The number of para-hydroxylation sites is 1. The fraction of sp³-hybridized carbons (Fsp3) is 0.571. The molecule has 0 unspecified atom stereocenters. The van der Waals surface area contributed by atoms with Crippen LogP contribution in [0.25, 0.3) is 0 Å². The van der Waals surface area contributed by atoms with Gasteiger partial charge in [0, 0.05) is 31.9 Å². The Hall–Kier alpha value is -2.62. The smallest absolute Gasteiger partial charge is 0.321 e. The van der Waals surface area contributed by atoms with E-state index in [1.807, 2.05) is 18.2 Å². The molecule has 1 N–H and O–H groups in total. The van der Waals surface area contributed by atoms with Crippen molar-refractivity contribution in [2.24, 2.45) is 5.92 Å². The molecule has 9 nitrogen and oxygen atoms in total. The molecular weight excluding hydrogens is 422 g/mol. The number of ether oxygens (including phenoxy) is 1. The van der Waals surface area contributed by atoms with E-state index in [1.165, 1.54) is 18.9 Å². The number of likely N-dealkylation sites (tertiary alicyclic amines) is 1. The van der Waals surface area contributed by atoms with Crippen molar-refractivity contribution >= 4 is 33.4 Å². The van der Waals surface area contributed by atoms with Crippen molar-refractivity contribution in [3.8, 4) is 0 Å². The number of carbonyl (C=O) groups excluding carboxylic acids is 3. The summed E-state index contributed by atoms with van der Waals surface area (Å²) >= 11 is 0. The molecule has 31 heavy (non-hydrogen) atoms. The van der Waals surface area contributed by atoms with Crippen LogP contribution in [0.2, 0.25) is 0 Å². The monoisotopic (exact) mass is 451 g/mol. The Morgan fingerprint density at radius 1 is 1.19 bits per heavy atom. The lowest BCUT2D eigenvalue weighted by Gasteiger charge is -2.32. The fourth-order valence-corrected chi connectivity index (χ4v) is 5.72. The number of hydrogen-bond acceptors (Lipinski definition) is 6. The highest BCUT2D eigenvalue weighted by Crippen LogP contribution is 2.21. The molecule has 0 saturated carbocycles. The van der Waals surface area contributed by atoms with E-state index >= 15 is 0 Å². The van der Waals surface area contributed by atoms with Gasteiger partial charge in [-0.15, -0.1) is 0 Å². The zero-order valence-corrected chi connectivity index (χ0v) is 18.6. The number of urea groups is 1. The number of carbonyl (C=O) groups is 3. The van der Waals surface area contributed by atoms with Crippen LogP contribution >= 0.6 is 0 Å². The van der Waals surface area contributed by atoms with E-state index in [1.54, 1.807) is 17.0 Å². The van der Waals surface area contributed by atoms with Gasteiger partial charge in [-0.25, -0.2) is 13.2 Å². The summed E-state index contributed by atoms with van der Waals surface area (Å²) in [5.41, 5.74) is 0.674. The maximum absolute atomic E-state index is 12.6. The number of nitrogens with one attached hydrogen (secondary N) is 1. The average Bonchev–Trinajstić information content (AvgIpc) is 3.13. The summed E-state index contributed by atoms with van der Waals surface area (Å²) in [5, 5.41) is 2.81. The molecule has 1 aromatic rings. The number of sulfone groups is 1. The Labute approximate surface area is 182 Å². The molecule has 0 aromatic heterocycles. The number of likely N-dealkylation sites (N-methyl/N-ethyl adjacent to an activating group) is 1. The van der Waals surface area contributed by atoms with Crippen LogP contribution in [0.3, 0.4) is 0 Å².